The van der Waals surface area contributed by atoms with Gasteiger partial charge in [0.05, 0.1) is 6.61 Å². The van der Waals surface area contributed by atoms with Crippen LogP contribution >= 0.6 is 22.6 Å². The van der Waals surface area contributed by atoms with E-state index >= 15 is 0 Å². The van der Waals surface area contributed by atoms with Gasteiger partial charge in [-0.05, 0) is 61.6 Å². The topological polar surface area (TPSA) is 82.1 Å². The van der Waals surface area contributed by atoms with Gasteiger partial charge in [-0.25, -0.2) is 9.59 Å². The van der Waals surface area contributed by atoms with Crippen LogP contribution in [0.1, 0.15) is 26.3 Å². The zero-order valence-electron chi connectivity index (χ0n) is 12.6. The molecule has 0 bridgehead atoms. The molecule has 0 aliphatic rings. The molecule has 1 rings (SSSR count). The van der Waals surface area contributed by atoms with Crippen molar-refractivity contribution >= 4 is 34.7 Å². The van der Waals surface area contributed by atoms with Gasteiger partial charge in [0, 0.05) is 9.13 Å². The maximum absolute atomic E-state index is 13.0. The molecule has 128 valence electrons. The van der Waals surface area contributed by atoms with Gasteiger partial charge in [0.1, 0.15) is 11.4 Å². The number of halogens is 3. The highest BCUT2D eigenvalue weighted by Crippen LogP contribution is 2.26. The fourth-order valence-corrected chi connectivity index (χ4v) is 1.91. The molecule has 0 aliphatic carbocycles. The number of ether oxygens (including phenoxy) is 3. The number of hydrogen-bond donors (Lipinski definition) is 1. The summed E-state index contributed by atoms with van der Waals surface area (Å²) in [5, 5.41) is 8.33. The van der Waals surface area contributed by atoms with Crippen molar-refractivity contribution < 1.29 is 37.7 Å². The quantitative estimate of drug-likeness (QED) is 0.423. The molecule has 0 heterocycles. The lowest BCUT2D eigenvalue weighted by molar-refractivity contribution is -0.250. The number of carbonyl (C=O) groups excluding carboxylic acids is 1. The first-order valence-corrected chi connectivity index (χ1v) is 7.43. The van der Waals surface area contributed by atoms with Crippen LogP contribution in [0.3, 0.4) is 0 Å². The second-order valence-electron chi connectivity index (χ2n) is 5.43. The third kappa shape index (κ3) is 6.65. The molecule has 0 fully saturated rings. The average molecular weight is 444 g/mol. The van der Waals surface area contributed by atoms with Crippen LogP contribution in [0.5, 0.6) is 5.75 Å². The first kappa shape index (κ1) is 19.6. The van der Waals surface area contributed by atoms with E-state index in [1.54, 1.807) is 26.8 Å². The highest BCUT2D eigenvalue weighted by atomic mass is 127. The summed E-state index contributed by atoms with van der Waals surface area (Å²) in [4.78, 5) is 22.0. The number of aliphatic carboxylic acids is 1. The predicted molar refractivity (Wildman–Crippen MR) is 83.4 cm³/mol. The molecule has 0 spiro atoms. The fraction of sp³-hybridized carbons (Fsp3) is 0.429. The summed E-state index contributed by atoms with van der Waals surface area (Å²) >= 11 is 1.92. The molecule has 0 amide bonds. The van der Waals surface area contributed by atoms with Crippen molar-refractivity contribution in [1.82, 2.24) is 0 Å². The molecule has 1 aromatic rings. The van der Waals surface area contributed by atoms with Crippen LogP contribution in [-0.2, 0) is 20.9 Å². The minimum absolute atomic E-state index is 0.0548. The van der Waals surface area contributed by atoms with Gasteiger partial charge in [0.15, 0.2) is 0 Å². The lowest BCUT2D eigenvalue weighted by Crippen LogP contribution is -2.31. The van der Waals surface area contributed by atoms with Crippen LogP contribution in [0.25, 0.3) is 0 Å². The maximum atomic E-state index is 13.0. The fourth-order valence-electron chi connectivity index (χ4n) is 1.35. The summed E-state index contributed by atoms with van der Waals surface area (Å²) in [5.74, 6) is -2.46. The Kier molecular flexibility index (Phi) is 6.28. The van der Waals surface area contributed by atoms with Crippen molar-refractivity contribution in [3.05, 3.63) is 27.3 Å². The number of carboxylic acids is 1. The van der Waals surface area contributed by atoms with Gasteiger partial charge in [-0.15, -0.1) is 0 Å². The number of rotatable bonds is 5. The van der Waals surface area contributed by atoms with E-state index in [0.29, 0.717) is 3.57 Å². The Morgan fingerprint density at radius 1 is 1.26 bits per heavy atom. The standard InChI is InChI=1S/C14H15F2IO6/c1-13(2,3)23-12(20)22-10-5-4-9(17)6-8(10)7-21-14(15,16)11(18)19/h4-6H,7H2,1-3H3,(H,18,19). The molecule has 0 aliphatic heterocycles. The average Bonchev–Trinajstić information content (AvgIpc) is 2.36. The van der Waals surface area contributed by atoms with Crippen molar-refractivity contribution in [2.75, 3.05) is 0 Å². The van der Waals surface area contributed by atoms with E-state index in [1.165, 1.54) is 12.1 Å². The van der Waals surface area contributed by atoms with Crippen LogP contribution in [0, 0.1) is 3.57 Å². The van der Waals surface area contributed by atoms with E-state index in [9.17, 15) is 18.4 Å². The molecule has 0 saturated carbocycles. The van der Waals surface area contributed by atoms with Crippen molar-refractivity contribution in [1.29, 1.82) is 0 Å². The molecule has 0 saturated heterocycles. The Balaban J connectivity index is 2.89. The van der Waals surface area contributed by atoms with Gasteiger partial charge in [-0.2, -0.15) is 8.78 Å². The normalized spacial score (nSPS) is 11.9. The van der Waals surface area contributed by atoms with E-state index in [1.807, 2.05) is 22.6 Å². The Morgan fingerprint density at radius 3 is 2.39 bits per heavy atom. The minimum Gasteiger partial charge on any atom is -0.475 e. The molecular weight excluding hydrogens is 429 g/mol. The molecule has 0 aromatic heterocycles. The molecule has 1 aromatic carbocycles. The highest BCUT2D eigenvalue weighted by Gasteiger charge is 2.40. The largest absolute Gasteiger partial charge is 0.514 e. The summed E-state index contributed by atoms with van der Waals surface area (Å²) in [5.41, 5.74) is -0.698. The Labute approximate surface area is 144 Å². The predicted octanol–water partition coefficient (Wildman–Crippen LogP) is 3.80. The molecular formula is C14H15F2IO6. The van der Waals surface area contributed by atoms with Crippen LogP contribution < -0.4 is 4.74 Å². The van der Waals surface area contributed by atoms with E-state index in [4.69, 9.17) is 14.6 Å². The SMILES string of the molecule is CC(C)(C)OC(=O)Oc1ccc(I)cc1COC(F)(F)C(=O)O. The van der Waals surface area contributed by atoms with Gasteiger partial charge < -0.3 is 19.3 Å². The Hall–Kier alpha value is -1.49. The molecule has 1 N–H and O–H groups in total. The second kappa shape index (κ2) is 7.39. The number of hydrogen-bond acceptors (Lipinski definition) is 5. The lowest BCUT2D eigenvalue weighted by atomic mass is 10.2. The third-order valence-corrected chi connectivity index (χ3v) is 2.93. The molecule has 0 atom stereocenters. The summed E-state index contributed by atoms with van der Waals surface area (Å²) in [6.07, 6.45) is -5.35. The summed E-state index contributed by atoms with van der Waals surface area (Å²) in [6.45, 7) is 4.16. The number of alkyl halides is 2. The van der Waals surface area contributed by atoms with Crippen LogP contribution in [-0.4, -0.2) is 28.9 Å². The van der Waals surface area contributed by atoms with Gasteiger partial charge in [0.2, 0.25) is 0 Å². The third-order valence-electron chi connectivity index (χ3n) is 2.26. The molecule has 0 unspecified atom stereocenters. The van der Waals surface area contributed by atoms with Crippen molar-refractivity contribution in [2.24, 2.45) is 0 Å². The van der Waals surface area contributed by atoms with Crippen molar-refractivity contribution in [3.8, 4) is 5.75 Å². The van der Waals surface area contributed by atoms with Gasteiger partial charge in [-0.1, -0.05) is 0 Å². The van der Waals surface area contributed by atoms with E-state index in [0.717, 1.165) is 0 Å². The van der Waals surface area contributed by atoms with Gasteiger partial charge >= 0.3 is 18.2 Å². The van der Waals surface area contributed by atoms with Gasteiger partial charge in [-0.3, -0.25) is 0 Å². The molecule has 23 heavy (non-hydrogen) atoms. The number of carboxylic acid groups (broad SMARTS) is 1. The highest BCUT2D eigenvalue weighted by molar-refractivity contribution is 14.1. The summed E-state index contributed by atoms with van der Waals surface area (Å²) in [7, 11) is 0. The molecule has 6 nitrogen and oxygen atoms in total. The zero-order valence-corrected chi connectivity index (χ0v) is 14.7. The van der Waals surface area contributed by atoms with Crippen LogP contribution in [0.2, 0.25) is 0 Å². The Bertz CT molecular complexity index is 597. The number of benzene rings is 1. The van der Waals surface area contributed by atoms with Crippen molar-refractivity contribution in [3.63, 3.8) is 0 Å². The first-order chi connectivity index (χ1) is 10.4. The van der Waals surface area contributed by atoms with Crippen molar-refractivity contribution in [2.45, 2.75) is 39.1 Å². The van der Waals surface area contributed by atoms with Crippen LogP contribution in [0.15, 0.2) is 18.2 Å². The monoisotopic (exact) mass is 444 g/mol. The molecule has 9 heteroatoms. The smallest absolute Gasteiger partial charge is 0.475 e. The Morgan fingerprint density at radius 2 is 1.87 bits per heavy atom. The van der Waals surface area contributed by atoms with E-state index < -0.39 is 30.4 Å². The lowest BCUT2D eigenvalue weighted by Gasteiger charge is -2.19. The minimum atomic E-state index is -4.34. The second-order valence-corrected chi connectivity index (χ2v) is 6.67. The summed E-state index contributed by atoms with van der Waals surface area (Å²) in [6, 6.07) is 4.39. The summed E-state index contributed by atoms with van der Waals surface area (Å²) < 4.78 is 40.7. The molecule has 0 radical (unpaired) electrons. The number of carbonyl (C=O) groups is 2. The van der Waals surface area contributed by atoms with Crippen LogP contribution in [0.4, 0.5) is 13.6 Å². The zero-order chi connectivity index (χ0) is 17.8. The first-order valence-electron chi connectivity index (χ1n) is 6.35. The van der Waals surface area contributed by atoms with Gasteiger partial charge in [0.25, 0.3) is 0 Å². The van der Waals surface area contributed by atoms with E-state index in [-0.39, 0.29) is 11.3 Å². The maximum Gasteiger partial charge on any atom is 0.514 e. The van der Waals surface area contributed by atoms with E-state index in [2.05, 4.69) is 4.74 Å².